The minimum Gasteiger partial charge on any atom is -0.466 e. The molecule has 0 spiro atoms. The van der Waals surface area contributed by atoms with E-state index < -0.39 is 6.10 Å². The first-order valence-electron chi connectivity index (χ1n) is 6.82. The molecule has 0 saturated carbocycles. The second kappa shape index (κ2) is 7.38. The molecule has 0 bridgehead atoms. The van der Waals surface area contributed by atoms with E-state index in [1.165, 1.54) is 0 Å². The van der Waals surface area contributed by atoms with Gasteiger partial charge < -0.3 is 9.84 Å². The number of esters is 1. The van der Waals surface area contributed by atoms with Gasteiger partial charge in [-0.2, -0.15) is 11.8 Å². The van der Waals surface area contributed by atoms with E-state index in [-0.39, 0.29) is 17.1 Å². The lowest BCUT2D eigenvalue weighted by Crippen LogP contribution is -2.40. The predicted molar refractivity (Wildman–Crippen MR) is 84.2 cm³/mol. The van der Waals surface area contributed by atoms with E-state index in [1.54, 1.807) is 18.7 Å². The van der Waals surface area contributed by atoms with Crippen molar-refractivity contribution < 1.29 is 14.6 Å². The molecule has 20 heavy (non-hydrogen) atoms. The second-order valence-corrected chi connectivity index (χ2v) is 7.40. The summed E-state index contributed by atoms with van der Waals surface area (Å²) in [5, 5.41) is 10.5. The molecular weight excluding hydrogens is 292 g/mol. The Morgan fingerprint density at radius 3 is 2.85 bits per heavy atom. The first-order chi connectivity index (χ1) is 9.66. The van der Waals surface area contributed by atoms with Crippen LogP contribution in [0, 0.1) is 0 Å². The van der Waals surface area contributed by atoms with Gasteiger partial charge in [0.15, 0.2) is 0 Å². The maximum absolute atomic E-state index is 11.6. The first-order valence-corrected chi connectivity index (χ1v) is 8.79. The summed E-state index contributed by atoms with van der Waals surface area (Å²) in [5.74, 6) is 1.58. The molecule has 1 N–H and O–H groups in total. The third kappa shape index (κ3) is 3.93. The van der Waals surface area contributed by atoms with Crippen LogP contribution in [0.25, 0.3) is 0 Å². The highest BCUT2D eigenvalue weighted by Crippen LogP contribution is 2.46. The fraction of sp³-hybridized carbons (Fsp3) is 0.533. The van der Waals surface area contributed by atoms with E-state index in [4.69, 9.17) is 4.74 Å². The lowest BCUT2D eigenvalue weighted by molar-refractivity contribution is -0.145. The number of benzene rings is 1. The molecular formula is C15H20O3S2. The Kier molecular flexibility index (Phi) is 5.81. The zero-order valence-corrected chi connectivity index (χ0v) is 13.2. The van der Waals surface area contributed by atoms with E-state index in [2.05, 4.69) is 0 Å². The van der Waals surface area contributed by atoms with Crippen molar-refractivity contribution in [2.45, 2.75) is 35.5 Å². The van der Waals surface area contributed by atoms with Gasteiger partial charge in [0.05, 0.1) is 23.9 Å². The lowest BCUT2D eigenvalue weighted by Gasteiger charge is -2.32. The Morgan fingerprint density at radius 1 is 1.50 bits per heavy atom. The molecule has 1 saturated heterocycles. The number of aliphatic hydroxyl groups is 1. The quantitative estimate of drug-likeness (QED) is 0.818. The Balaban J connectivity index is 2.07. The number of thioether (sulfide) groups is 2. The van der Waals surface area contributed by atoms with Crippen LogP contribution in [0.4, 0.5) is 0 Å². The van der Waals surface area contributed by atoms with Crippen LogP contribution in [0.2, 0.25) is 0 Å². The van der Waals surface area contributed by atoms with Gasteiger partial charge in [-0.05, 0) is 31.2 Å². The topological polar surface area (TPSA) is 46.5 Å². The lowest BCUT2D eigenvalue weighted by atomic mass is 9.98. The fourth-order valence-electron chi connectivity index (χ4n) is 2.26. The van der Waals surface area contributed by atoms with E-state index in [0.29, 0.717) is 6.61 Å². The smallest absolute Gasteiger partial charge is 0.308 e. The van der Waals surface area contributed by atoms with Crippen LogP contribution in [-0.2, 0) is 9.53 Å². The van der Waals surface area contributed by atoms with E-state index in [9.17, 15) is 9.90 Å². The van der Waals surface area contributed by atoms with Crippen molar-refractivity contribution in [2.75, 3.05) is 18.1 Å². The molecule has 1 fully saturated rings. The van der Waals surface area contributed by atoms with Gasteiger partial charge in [-0.1, -0.05) is 18.2 Å². The van der Waals surface area contributed by atoms with E-state index >= 15 is 0 Å². The molecule has 2 rings (SSSR count). The highest BCUT2D eigenvalue weighted by atomic mass is 32.2. The zero-order valence-electron chi connectivity index (χ0n) is 11.6. The molecule has 1 aromatic carbocycles. The van der Waals surface area contributed by atoms with Gasteiger partial charge in [0, 0.05) is 10.6 Å². The van der Waals surface area contributed by atoms with Crippen LogP contribution in [-0.4, -0.2) is 40.0 Å². The molecule has 110 valence electrons. The Morgan fingerprint density at radius 2 is 2.25 bits per heavy atom. The number of carbonyl (C=O) groups is 1. The molecule has 0 aromatic heterocycles. The average molecular weight is 312 g/mol. The average Bonchev–Trinajstić information content (AvgIpc) is 2.90. The van der Waals surface area contributed by atoms with Crippen molar-refractivity contribution in [3.8, 4) is 0 Å². The summed E-state index contributed by atoms with van der Waals surface area (Å²) in [4.78, 5) is 12.7. The molecule has 1 aliphatic heterocycles. The minimum absolute atomic E-state index is 0.0776. The third-order valence-corrected chi connectivity index (χ3v) is 6.28. The predicted octanol–water partition coefficient (Wildman–Crippen LogP) is 2.97. The van der Waals surface area contributed by atoms with Gasteiger partial charge in [-0.3, -0.25) is 4.79 Å². The van der Waals surface area contributed by atoms with Gasteiger partial charge in [0.2, 0.25) is 0 Å². The molecule has 0 radical (unpaired) electrons. The number of rotatable bonds is 6. The largest absolute Gasteiger partial charge is 0.466 e. The number of carbonyl (C=O) groups excluding carboxylic acids is 1. The maximum Gasteiger partial charge on any atom is 0.308 e. The highest BCUT2D eigenvalue weighted by Gasteiger charge is 2.43. The molecule has 2 atom stereocenters. The normalized spacial score (nSPS) is 23.5. The van der Waals surface area contributed by atoms with Crippen LogP contribution in [0.5, 0.6) is 0 Å². The van der Waals surface area contributed by atoms with Crippen LogP contribution in [0.3, 0.4) is 0 Å². The summed E-state index contributed by atoms with van der Waals surface area (Å²) in [6, 6.07) is 10.1. The van der Waals surface area contributed by atoms with E-state index in [1.807, 2.05) is 42.1 Å². The zero-order chi connectivity index (χ0) is 14.4. The SMILES string of the molecule is CCOC(=O)CC(O)C1(Sc2ccccc2)CCSC1. The Bertz CT molecular complexity index is 430. The molecule has 3 nitrogen and oxygen atoms in total. The summed E-state index contributed by atoms with van der Waals surface area (Å²) in [5.41, 5.74) is 0. The van der Waals surface area contributed by atoms with Crippen molar-refractivity contribution in [3.63, 3.8) is 0 Å². The van der Waals surface area contributed by atoms with Crippen LogP contribution >= 0.6 is 23.5 Å². The molecule has 0 aliphatic carbocycles. The molecule has 1 aliphatic rings. The van der Waals surface area contributed by atoms with Crippen molar-refractivity contribution in [2.24, 2.45) is 0 Å². The number of hydrogen-bond donors (Lipinski definition) is 1. The second-order valence-electron chi connectivity index (χ2n) is 4.81. The monoisotopic (exact) mass is 312 g/mol. The highest BCUT2D eigenvalue weighted by molar-refractivity contribution is 8.04. The van der Waals surface area contributed by atoms with Crippen molar-refractivity contribution in [1.82, 2.24) is 0 Å². The van der Waals surface area contributed by atoms with Gasteiger partial charge in [0.1, 0.15) is 0 Å². The van der Waals surface area contributed by atoms with E-state index in [0.717, 1.165) is 22.8 Å². The number of hydrogen-bond acceptors (Lipinski definition) is 5. The standard InChI is InChI=1S/C15H20O3S2/c1-2-18-14(17)10-13(16)15(8-9-19-11-15)20-12-6-4-3-5-7-12/h3-7,13,16H,2,8-11H2,1H3. The van der Waals surface area contributed by atoms with Crippen LogP contribution < -0.4 is 0 Å². The Labute approximate surface area is 128 Å². The molecule has 0 amide bonds. The maximum atomic E-state index is 11.6. The summed E-state index contributed by atoms with van der Waals surface area (Å²) < 4.78 is 4.67. The van der Waals surface area contributed by atoms with Crippen LogP contribution in [0.1, 0.15) is 19.8 Å². The summed E-state index contributed by atoms with van der Waals surface area (Å²) >= 11 is 3.52. The summed E-state index contributed by atoms with van der Waals surface area (Å²) in [6.45, 7) is 2.14. The van der Waals surface area contributed by atoms with Crippen LogP contribution in [0.15, 0.2) is 35.2 Å². The van der Waals surface area contributed by atoms with Gasteiger partial charge in [-0.15, -0.1) is 11.8 Å². The van der Waals surface area contributed by atoms with Crippen molar-refractivity contribution in [1.29, 1.82) is 0 Å². The fourth-order valence-corrected chi connectivity index (χ4v) is 5.40. The summed E-state index contributed by atoms with van der Waals surface area (Å²) in [7, 11) is 0. The van der Waals surface area contributed by atoms with Crippen molar-refractivity contribution >= 4 is 29.5 Å². The van der Waals surface area contributed by atoms with Gasteiger partial charge in [0.25, 0.3) is 0 Å². The summed E-state index contributed by atoms with van der Waals surface area (Å²) in [6.07, 6.45) is 0.327. The van der Waals surface area contributed by atoms with Gasteiger partial charge in [-0.25, -0.2) is 0 Å². The number of ether oxygens (including phenoxy) is 1. The molecule has 2 unspecified atom stereocenters. The van der Waals surface area contributed by atoms with Gasteiger partial charge >= 0.3 is 5.97 Å². The molecule has 1 heterocycles. The number of aliphatic hydroxyl groups excluding tert-OH is 1. The molecule has 1 aromatic rings. The first kappa shape index (κ1) is 15.7. The third-order valence-electron chi connectivity index (χ3n) is 3.35. The Hall–Kier alpha value is -0.650. The van der Waals surface area contributed by atoms with Crippen molar-refractivity contribution in [3.05, 3.63) is 30.3 Å². The minimum atomic E-state index is -0.665. The molecule has 5 heteroatoms.